The van der Waals surface area contributed by atoms with Gasteiger partial charge < -0.3 is 14.5 Å². The molecule has 6 aromatic carbocycles. The normalized spacial score (nSPS) is 12.0. The van der Waals surface area contributed by atoms with Crippen LogP contribution in [0.2, 0.25) is 0 Å². The fraction of sp³-hybridized carbons (Fsp3) is 0. The molecule has 6 nitrogen and oxygen atoms in total. The van der Waals surface area contributed by atoms with Gasteiger partial charge in [0.15, 0.2) is 0 Å². The predicted octanol–water partition coefficient (Wildman–Crippen LogP) is 8.42. The molecule has 0 amide bonds. The van der Waals surface area contributed by atoms with Gasteiger partial charge in [0.1, 0.15) is 0 Å². The van der Waals surface area contributed by atoms with Crippen molar-refractivity contribution in [1.29, 1.82) is 0 Å². The molecule has 0 aliphatic carbocycles. The van der Waals surface area contributed by atoms with Gasteiger partial charge in [-0.15, -0.1) is 42.7 Å². The summed E-state index contributed by atoms with van der Waals surface area (Å²) in [6, 6.07) is 66.5. The Morgan fingerprint density at radius 2 is 1.15 bits per heavy atom. The molecule has 0 saturated heterocycles. The van der Waals surface area contributed by atoms with E-state index >= 15 is 0 Å². The van der Waals surface area contributed by atoms with Crippen LogP contribution in [-0.2, 0) is 21.1 Å². The van der Waals surface area contributed by atoms with E-state index in [2.05, 4.69) is 107 Å². The van der Waals surface area contributed by atoms with Crippen molar-refractivity contribution in [3.63, 3.8) is 0 Å². The first-order valence-corrected chi connectivity index (χ1v) is 17.9. The van der Waals surface area contributed by atoms with Gasteiger partial charge in [-0.3, -0.25) is 4.98 Å². The smallest absolute Gasteiger partial charge is 0.246 e. The van der Waals surface area contributed by atoms with Crippen LogP contribution in [0.15, 0.2) is 195 Å². The zero-order chi connectivity index (χ0) is 36.1. The molecular weight excluding hydrogens is 856 g/mol. The van der Waals surface area contributed by atoms with E-state index in [1.54, 1.807) is 0 Å². The summed E-state index contributed by atoms with van der Waals surface area (Å²) in [6.45, 7) is 1.68. The number of pyridine rings is 1. The maximum absolute atomic E-state index is 6.53. The quantitative estimate of drug-likeness (QED) is 0.102. The van der Waals surface area contributed by atoms with Crippen molar-refractivity contribution >= 4 is 34.6 Å². The molecule has 0 bridgehead atoms. The van der Waals surface area contributed by atoms with Gasteiger partial charge in [0.25, 0.3) is 0 Å². The van der Waals surface area contributed by atoms with Crippen LogP contribution >= 0.6 is 0 Å². The molecule has 0 saturated carbocycles. The molecule has 268 valence electrons. The van der Waals surface area contributed by atoms with E-state index < -0.39 is 0 Å². The van der Waals surface area contributed by atoms with Gasteiger partial charge in [-0.1, -0.05) is 103 Å². The third-order valence-corrected chi connectivity index (χ3v) is 9.33. The molecule has 8 aromatic rings. The Morgan fingerprint density at radius 1 is 0.545 bits per heavy atom. The van der Waals surface area contributed by atoms with Crippen molar-refractivity contribution in [3.05, 3.63) is 213 Å². The fourth-order valence-corrected chi connectivity index (χ4v) is 6.86. The van der Waals surface area contributed by atoms with Gasteiger partial charge in [-0.05, 0) is 59.8 Å². The molecule has 8 heteroatoms. The summed E-state index contributed by atoms with van der Waals surface area (Å²) in [5, 5.41) is 5.38. The SMILES string of the molecule is [Pt].[c-]1c(Oc2[c-]c(N3C=CN(c4ccccc4)[CH-]3)ccc2)cccc1B(c1ccccn1)c1c(-c2ccccc2)nn(-c2ccccc2)c1-c1ccccc1. The van der Waals surface area contributed by atoms with Crippen LogP contribution in [-0.4, -0.2) is 21.5 Å². The van der Waals surface area contributed by atoms with Gasteiger partial charge >= 0.3 is 0 Å². The van der Waals surface area contributed by atoms with Crippen molar-refractivity contribution < 1.29 is 25.8 Å². The number of benzene rings is 6. The second-order valence-electron chi connectivity index (χ2n) is 12.8. The van der Waals surface area contributed by atoms with Crippen LogP contribution in [0.25, 0.3) is 28.2 Å². The molecule has 0 spiro atoms. The van der Waals surface area contributed by atoms with E-state index in [9.17, 15) is 0 Å². The molecule has 55 heavy (non-hydrogen) atoms. The molecule has 9 rings (SSSR count). The number of para-hydroxylation sites is 2. The van der Waals surface area contributed by atoms with Crippen molar-refractivity contribution in [2.24, 2.45) is 0 Å². The minimum atomic E-state index is -0.346. The summed E-state index contributed by atoms with van der Waals surface area (Å²) in [5.74, 6) is 1.16. The Bertz CT molecular complexity index is 2520. The van der Waals surface area contributed by atoms with Crippen LogP contribution in [0.3, 0.4) is 0 Å². The second kappa shape index (κ2) is 16.3. The third kappa shape index (κ3) is 7.53. The standard InChI is InChI=1S/C47H33BN5O.Pt/c1-5-17-36(18-6-1)46-45(47(37-19-7-2-8-20-37)53(50-46)40-24-11-4-12-25-40)48(44-29-13-14-30-49-44)38-21-15-27-42(33-38)54-43-28-16-26-41(34-43)52-32-31-51(35-52)39-22-9-3-10-23-39;/h1-32,35H;/q-3;. The summed E-state index contributed by atoms with van der Waals surface area (Å²) in [5.41, 5.74) is 9.62. The molecule has 0 atom stereocenters. The van der Waals surface area contributed by atoms with Crippen LogP contribution in [0, 0.1) is 18.8 Å². The van der Waals surface area contributed by atoms with Gasteiger partial charge in [-0.25, -0.2) is 4.68 Å². The molecule has 3 heterocycles. The summed E-state index contributed by atoms with van der Waals surface area (Å²) in [7, 11) is 0. The molecule has 1 aliphatic rings. The molecule has 0 fully saturated rings. The molecule has 0 N–H and O–H groups in total. The van der Waals surface area contributed by atoms with Crippen LogP contribution in [0.1, 0.15) is 0 Å². The molecular formula is C47H33BN5OPt-3. The summed E-state index contributed by atoms with van der Waals surface area (Å²) in [6.07, 6.45) is 5.88. The first-order valence-electron chi connectivity index (χ1n) is 17.9. The monoisotopic (exact) mass is 889 g/mol. The largest absolute Gasteiger partial charge is 0.509 e. The fourth-order valence-electron chi connectivity index (χ4n) is 6.86. The zero-order valence-corrected chi connectivity index (χ0v) is 31.9. The molecule has 2 aromatic heterocycles. The van der Waals surface area contributed by atoms with E-state index in [1.165, 1.54) is 0 Å². The molecule has 0 unspecified atom stereocenters. The third-order valence-electron chi connectivity index (χ3n) is 9.33. The van der Waals surface area contributed by atoms with Crippen molar-refractivity contribution in [2.45, 2.75) is 0 Å². The Kier molecular flexibility index (Phi) is 10.5. The summed E-state index contributed by atoms with van der Waals surface area (Å²) >= 11 is 0. The van der Waals surface area contributed by atoms with Gasteiger partial charge in [0, 0.05) is 55.6 Å². The van der Waals surface area contributed by atoms with Gasteiger partial charge in [0.05, 0.1) is 17.1 Å². The maximum Gasteiger partial charge on any atom is 0.246 e. The van der Waals surface area contributed by atoms with Crippen molar-refractivity contribution in [2.75, 3.05) is 9.80 Å². The average molecular weight is 890 g/mol. The van der Waals surface area contributed by atoms with Crippen molar-refractivity contribution in [1.82, 2.24) is 14.8 Å². The maximum atomic E-state index is 6.53. The minimum absolute atomic E-state index is 0. The minimum Gasteiger partial charge on any atom is -0.509 e. The van der Waals surface area contributed by atoms with Crippen LogP contribution in [0.5, 0.6) is 11.5 Å². The Morgan fingerprint density at radius 3 is 1.84 bits per heavy atom. The first kappa shape index (κ1) is 35.6. The number of ether oxygens (including phenoxy) is 1. The zero-order valence-electron chi connectivity index (χ0n) is 29.6. The number of nitrogens with zero attached hydrogens (tertiary/aromatic N) is 5. The van der Waals surface area contributed by atoms with E-state index in [0.717, 1.165) is 56.1 Å². The number of aromatic nitrogens is 3. The predicted molar refractivity (Wildman–Crippen MR) is 219 cm³/mol. The number of rotatable bonds is 10. The van der Waals surface area contributed by atoms with E-state index in [4.69, 9.17) is 14.8 Å². The Hall–Kier alpha value is -6.43. The van der Waals surface area contributed by atoms with E-state index in [1.807, 2.05) is 121 Å². The molecule has 1 aliphatic heterocycles. The Labute approximate surface area is 336 Å². The second-order valence-corrected chi connectivity index (χ2v) is 12.8. The van der Waals surface area contributed by atoms with E-state index in [-0.39, 0.29) is 27.8 Å². The van der Waals surface area contributed by atoms with Crippen LogP contribution < -0.4 is 31.1 Å². The first-order chi connectivity index (χ1) is 26.8. The van der Waals surface area contributed by atoms with Crippen LogP contribution in [0.4, 0.5) is 11.4 Å². The Balaban J connectivity index is 0.00000427. The number of hydrogen-bond donors (Lipinski definition) is 0. The van der Waals surface area contributed by atoms with Gasteiger partial charge in [0.2, 0.25) is 6.71 Å². The van der Waals surface area contributed by atoms with Gasteiger partial charge in [-0.2, -0.15) is 28.8 Å². The van der Waals surface area contributed by atoms with E-state index in [0.29, 0.717) is 11.5 Å². The summed E-state index contributed by atoms with van der Waals surface area (Å²) < 4.78 is 8.59. The molecule has 0 radical (unpaired) electrons. The summed E-state index contributed by atoms with van der Waals surface area (Å²) in [4.78, 5) is 9.06. The number of anilines is 2. The average Bonchev–Trinajstić information content (AvgIpc) is 3.90. The number of hydrogen-bond acceptors (Lipinski definition) is 5. The van der Waals surface area contributed by atoms with Crippen molar-refractivity contribution in [3.8, 4) is 39.7 Å². The topological polar surface area (TPSA) is 46.4 Å².